The van der Waals surface area contributed by atoms with E-state index in [-0.39, 0.29) is 24.0 Å². The average molecular weight is 496 g/mol. The van der Waals surface area contributed by atoms with Gasteiger partial charge in [-0.05, 0) is 87.2 Å². The minimum Gasteiger partial charge on any atom is -0.487 e. The maximum Gasteiger partial charge on any atom is 0.262 e. The second kappa shape index (κ2) is 9.67. The van der Waals surface area contributed by atoms with E-state index in [0.29, 0.717) is 25.8 Å². The largest absolute Gasteiger partial charge is 0.487 e. The molecule has 0 spiro atoms. The van der Waals surface area contributed by atoms with Crippen LogP contribution in [0.2, 0.25) is 0 Å². The number of nitrogens with zero attached hydrogens (tertiary/aromatic N) is 1. The van der Waals surface area contributed by atoms with Crippen LogP contribution in [0.25, 0.3) is 6.08 Å². The van der Waals surface area contributed by atoms with Crippen LogP contribution in [0.1, 0.15) is 25.0 Å². The highest BCUT2D eigenvalue weighted by atomic mass is 79.9. The lowest BCUT2D eigenvalue weighted by Crippen LogP contribution is -2.30. The van der Waals surface area contributed by atoms with Gasteiger partial charge in [0.15, 0.2) is 0 Å². The van der Waals surface area contributed by atoms with E-state index in [4.69, 9.17) is 4.74 Å². The Labute approximate surface area is 174 Å². The lowest BCUT2D eigenvalue weighted by molar-refractivity contribution is -0.117. The van der Waals surface area contributed by atoms with Crippen LogP contribution >= 0.6 is 31.9 Å². The molecule has 2 rings (SSSR count). The van der Waals surface area contributed by atoms with E-state index in [0.717, 1.165) is 0 Å². The molecular formula is C20H17Br2FN2O2. The van der Waals surface area contributed by atoms with Crippen molar-refractivity contribution >= 4 is 43.8 Å². The average Bonchev–Trinajstić information content (AvgIpc) is 2.58. The summed E-state index contributed by atoms with van der Waals surface area (Å²) in [6.07, 6.45) is 1.50. The molecule has 0 heterocycles. The highest BCUT2D eigenvalue weighted by Gasteiger charge is 2.13. The molecule has 0 saturated heterocycles. The van der Waals surface area contributed by atoms with Crippen LogP contribution in [0.5, 0.6) is 5.75 Å². The third kappa shape index (κ3) is 6.19. The number of carbonyl (C=O) groups excluding carboxylic acids is 1. The van der Waals surface area contributed by atoms with Crippen molar-refractivity contribution in [3.63, 3.8) is 0 Å². The Morgan fingerprint density at radius 1 is 1.30 bits per heavy atom. The summed E-state index contributed by atoms with van der Waals surface area (Å²) >= 11 is 6.87. The van der Waals surface area contributed by atoms with Crippen LogP contribution < -0.4 is 10.1 Å². The van der Waals surface area contributed by atoms with Crippen molar-refractivity contribution in [2.75, 3.05) is 0 Å². The van der Waals surface area contributed by atoms with Crippen molar-refractivity contribution in [3.05, 3.63) is 67.9 Å². The lowest BCUT2D eigenvalue weighted by atomic mass is 10.1. The molecule has 0 aliphatic rings. The Morgan fingerprint density at radius 3 is 2.52 bits per heavy atom. The summed E-state index contributed by atoms with van der Waals surface area (Å²) < 4.78 is 20.3. The fourth-order valence-corrected chi connectivity index (χ4v) is 3.69. The van der Waals surface area contributed by atoms with Crippen molar-refractivity contribution in [1.29, 1.82) is 5.26 Å². The molecular weight excluding hydrogens is 479 g/mol. The van der Waals surface area contributed by atoms with E-state index >= 15 is 0 Å². The first kappa shape index (κ1) is 21.1. The maximum absolute atomic E-state index is 13.3. The van der Waals surface area contributed by atoms with Crippen LogP contribution in [-0.4, -0.2) is 11.9 Å². The smallest absolute Gasteiger partial charge is 0.262 e. The maximum atomic E-state index is 13.3. The van der Waals surface area contributed by atoms with Crippen molar-refractivity contribution in [2.24, 2.45) is 0 Å². The monoisotopic (exact) mass is 494 g/mol. The molecule has 0 saturated carbocycles. The third-order valence-corrected chi connectivity index (χ3v) is 4.57. The van der Waals surface area contributed by atoms with Gasteiger partial charge in [-0.3, -0.25) is 4.79 Å². The molecule has 0 aromatic heterocycles. The zero-order valence-electron chi connectivity index (χ0n) is 14.7. The number of benzene rings is 2. The van der Waals surface area contributed by atoms with Gasteiger partial charge < -0.3 is 10.1 Å². The molecule has 140 valence electrons. The Hall–Kier alpha value is -2.17. The number of halogens is 3. The van der Waals surface area contributed by atoms with E-state index in [9.17, 15) is 14.4 Å². The summed E-state index contributed by atoms with van der Waals surface area (Å²) in [4.78, 5) is 12.0. The molecule has 2 aromatic rings. The Balaban J connectivity index is 2.21. The second-order valence-electron chi connectivity index (χ2n) is 6.03. The number of carbonyl (C=O) groups is 1. The first-order chi connectivity index (χ1) is 12.8. The number of rotatable bonds is 6. The minimum atomic E-state index is -0.425. The normalized spacial score (nSPS) is 11.2. The molecule has 2 aromatic carbocycles. The van der Waals surface area contributed by atoms with Crippen molar-refractivity contribution in [1.82, 2.24) is 5.32 Å². The first-order valence-electron chi connectivity index (χ1n) is 8.09. The molecule has 0 bridgehead atoms. The Bertz CT molecular complexity index is 897. The van der Waals surface area contributed by atoms with Gasteiger partial charge in [-0.2, -0.15) is 5.26 Å². The van der Waals surface area contributed by atoms with Gasteiger partial charge in [0.2, 0.25) is 0 Å². The van der Waals surface area contributed by atoms with Crippen molar-refractivity contribution in [2.45, 2.75) is 26.5 Å². The van der Waals surface area contributed by atoms with Gasteiger partial charge in [-0.25, -0.2) is 4.39 Å². The summed E-state index contributed by atoms with van der Waals surface area (Å²) in [7, 11) is 0. The Kier molecular flexibility index (Phi) is 7.57. The summed E-state index contributed by atoms with van der Waals surface area (Å²) in [5, 5.41) is 11.9. The highest BCUT2D eigenvalue weighted by Crippen LogP contribution is 2.36. The predicted octanol–water partition coefficient (Wildman–Crippen LogP) is 5.36. The van der Waals surface area contributed by atoms with Crippen LogP contribution in [0.3, 0.4) is 0 Å². The Morgan fingerprint density at radius 2 is 1.96 bits per heavy atom. The van der Waals surface area contributed by atoms with E-state index < -0.39 is 5.91 Å². The number of amides is 1. The summed E-state index contributed by atoms with van der Waals surface area (Å²) in [6, 6.07) is 11.5. The van der Waals surface area contributed by atoms with Gasteiger partial charge in [0.1, 0.15) is 29.8 Å². The topological polar surface area (TPSA) is 62.1 Å². The number of hydrogen-bond acceptors (Lipinski definition) is 3. The van der Waals surface area contributed by atoms with Crippen LogP contribution in [-0.2, 0) is 11.4 Å². The van der Waals surface area contributed by atoms with Crippen molar-refractivity contribution < 1.29 is 13.9 Å². The van der Waals surface area contributed by atoms with E-state index in [1.807, 2.05) is 19.9 Å². The molecule has 1 amide bonds. The molecule has 0 aliphatic carbocycles. The van der Waals surface area contributed by atoms with Gasteiger partial charge in [0.25, 0.3) is 5.91 Å². The molecule has 27 heavy (non-hydrogen) atoms. The first-order valence-corrected chi connectivity index (χ1v) is 9.67. The number of nitriles is 1. The zero-order valence-corrected chi connectivity index (χ0v) is 17.9. The lowest BCUT2D eigenvalue weighted by Gasteiger charge is -2.12. The van der Waals surface area contributed by atoms with E-state index in [2.05, 4.69) is 37.2 Å². The molecule has 7 heteroatoms. The number of hydrogen-bond donors (Lipinski definition) is 1. The van der Waals surface area contributed by atoms with Crippen LogP contribution in [0, 0.1) is 17.1 Å². The van der Waals surface area contributed by atoms with Crippen LogP contribution in [0.4, 0.5) is 4.39 Å². The SMILES string of the molecule is CC(C)NC(=O)/C(C#N)=C\c1cc(Br)c(OCc2cccc(F)c2)c(Br)c1. The van der Waals surface area contributed by atoms with Gasteiger partial charge in [0, 0.05) is 6.04 Å². The fraction of sp³-hybridized carbons (Fsp3) is 0.200. The quantitative estimate of drug-likeness (QED) is 0.433. The molecule has 0 radical (unpaired) electrons. The van der Waals surface area contributed by atoms with Gasteiger partial charge in [-0.15, -0.1) is 0 Å². The summed E-state index contributed by atoms with van der Waals surface area (Å²) in [5.41, 5.74) is 1.37. The number of nitrogens with one attached hydrogen (secondary N) is 1. The zero-order chi connectivity index (χ0) is 20.0. The van der Waals surface area contributed by atoms with Gasteiger partial charge >= 0.3 is 0 Å². The summed E-state index contributed by atoms with van der Waals surface area (Å²) in [5.74, 6) is -0.203. The minimum absolute atomic E-state index is 0.0101. The highest BCUT2D eigenvalue weighted by molar-refractivity contribution is 9.11. The molecule has 0 atom stereocenters. The molecule has 1 N–H and O–H groups in total. The predicted molar refractivity (Wildman–Crippen MR) is 109 cm³/mol. The standard InChI is InChI=1S/C20H17Br2FN2O2/c1-12(2)25-20(26)15(10-24)6-14-8-17(21)19(18(22)9-14)27-11-13-4-3-5-16(23)7-13/h3-9,12H,11H2,1-2H3,(H,25,26)/b15-6-. The second-order valence-corrected chi connectivity index (χ2v) is 7.74. The van der Waals surface area contributed by atoms with Gasteiger partial charge in [0.05, 0.1) is 8.95 Å². The van der Waals surface area contributed by atoms with E-state index in [1.165, 1.54) is 18.2 Å². The fourth-order valence-electron chi connectivity index (χ4n) is 2.24. The number of ether oxygens (including phenoxy) is 1. The van der Waals surface area contributed by atoms with E-state index in [1.54, 1.807) is 24.3 Å². The van der Waals surface area contributed by atoms with Crippen molar-refractivity contribution in [3.8, 4) is 11.8 Å². The van der Waals surface area contributed by atoms with Crippen LogP contribution in [0.15, 0.2) is 50.9 Å². The molecule has 0 aliphatic heterocycles. The van der Waals surface area contributed by atoms with Gasteiger partial charge in [-0.1, -0.05) is 12.1 Å². The third-order valence-electron chi connectivity index (χ3n) is 3.39. The molecule has 0 fully saturated rings. The molecule has 4 nitrogen and oxygen atoms in total. The molecule has 0 unspecified atom stereocenters. The summed E-state index contributed by atoms with van der Waals surface area (Å²) in [6.45, 7) is 3.85.